The first-order chi connectivity index (χ1) is 9.87. The highest BCUT2D eigenvalue weighted by Gasteiger charge is 2.31. The Labute approximate surface area is 128 Å². The molecule has 0 N–H and O–H groups in total. The number of carbonyl (C=O) groups is 2. The molecule has 2 amide bonds. The molecular formula is C17H30N2O2. The van der Waals surface area contributed by atoms with Crippen molar-refractivity contribution in [1.82, 2.24) is 9.80 Å². The Hall–Kier alpha value is -1.06. The van der Waals surface area contributed by atoms with Crippen LogP contribution < -0.4 is 0 Å². The molecule has 0 radical (unpaired) electrons. The average molecular weight is 294 g/mol. The molecule has 0 aromatic carbocycles. The van der Waals surface area contributed by atoms with Crippen LogP contribution in [0, 0.1) is 11.3 Å². The second-order valence-electron chi connectivity index (χ2n) is 7.78. The highest BCUT2D eigenvalue weighted by molar-refractivity contribution is 5.80. The Morgan fingerprint density at radius 2 is 1.48 bits per heavy atom. The molecule has 120 valence electrons. The van der Waals surface area contributed by atoms with Crippen molar-refractivity contribution in [2.24, 2.45) is 11.3 Å². The highest BCUT2D eigenvalue weighted by Crippen LogP contribution is 2.25. The normalized spacial score (nSPS) is 21.5. The van der Waals surface area contributed by atoms with Gasteiger partial charge in [-0.15, -0.1) is 0 Å². The van der Waals surface area contributed by atoms with E-state index in [1.54, 1.807) is 0 Å². The van der Waals surface area contributed by atoms with Crippen LogP contribution in [0.25, 0.3) is 0 Å². The molecule has 4 nitrogen and oxygen atoms in total. The molecule has 0 aromatic heterocycles. The smallest absolute Gasteiger partial charge is 0.225 e. The van der Waals surface area contributed by atoms with Gasteiger partial charge in [-0.05, 0) is 37.5 Å². The standard InChI is InChI=1S/C17H30N2O2/c1-17(2,3)13-15(20)18-11-7-14(8-12-18)16(21)19-9-5-4-6-10-19/h14H,4-13H2,1-3H3. The number of carbonyl (C=O) groups excluding carboxylic acids is 2. The monoisotopic (exact) mass is 294 g/mol. The first kappa shape index (κ1) is 16.3. The maximum absolute atomic E-state index is 12.5. The van der Waals surface area contributed by atoms with E-state index < -0.39 is 0 Å². The van der Waals surface area contributed by atoms with Gasteiger partial charge in [0.05, 0.1) is 0 Å². The molecule has 0 bridgehead atoms. The highest BCUT2D eigenvalue weighted by atomic mass is 16.2. The van der Waals surface area contributed by atoms with E-state index in [0.29, 0.717) is 12.3 Å². The van der Waals surface area contributed by atoms with E-state index in [9.17, 15) is 9.59 Å². The lowest BCUT2D eigenvalue weighted by Gasteiger charge is -2.36. The summed E-state index contributed by atoms with van der Waals surface area (Å²) in [5.41, 5.74) is 0.0392. The van der Waals surface area contributed by atoms with Crippen molar-refractivity contribution in [2.75, 3.05) is 26.2 Å². The maximum Gasteiger partial charge on any atom is 0.225 e. The van der Waals surface area contributed by atoms with E-state index in [0.717, 1.165) is 51.9 Å². The molecule has 0 saturated carbocycles. The summed E-state index contributed by atoms with van der Waals surface area (Å²) in [4.78, 5) is 28.7. The largest absolute Gasteiger partial charge is 0.343 e. The summed E-state index contributed by atoms with van der Waals surface area (Å²) in [7, 11) is 0. The van der Waals surface area contributed by atoms with E-state index >= 15 is 0 Å². The van der Waals surface area contributed by atoms with Gasteiger partial charge in [-0.1, -0.05) is 20.8 Å². The number of hydrogen-bond acceptors (Lipinski definition) is 2. The minimum absolute atomic E-state index is 0.0392. The third-order valence-electron chi connectivity index (χ3n) is 4.55. The van der Waals surface area contributed by atoms with Gasteiger partial charge in [0.15, 0.2) is 0 Å². The van der Waals surface area contributed by atoms with Crippen molar-refractivity contribution in [1.29, 1.82) is 0 Å². The minimum Gasteiger partial charge on any atom is -0.343 e. The van der Waals surface area contributed by atoms with Crippen LogP contribution >= 0.6 is 0 Å². The van der Waals surface area contributed by atoms with Crippen molar-refractivity contribution in [3.05, 3.63) is 0 Å². The molecule has 2 rings (SSSR count). The molecule has 2 aliphatic rings. The lowest BCUT2D eigenvalue weighted by molar-refractivity contribution is -0.142. The molecule has 2 heterocycles. The van der Waals surface area contributed by atoms with Crippen LogP contribution in [0.2, 0.25) is 0 Å². The van der Waals surface area contributed by atoms with Gasteiger partial charge < -0.3 is 9.80 Å². The number of likely N-dealkylation sites (tertiary alicyclic amines) is 2. The molecule has 0 atom stereocenters. The Bertz CT molecular complexity index is 373. The lowest BCUT2D eigenvalue weighted by Crippen LogP contribution is -2.46. The van der Waals surface area contributed by atoms with Gasteiger partial charge in [0.1, 0.15) is 0 Å². The number of piperidine rings is 2. The third kappa shape index (κ3) is 4.72. The van der Waals surface area contributed by atoms with Gasteiger partial charge in [0.2, 0.25) is 11.8 Å². The minimum atomic E-state index is 0.0392. The fourth-order valence-corrected chi connectivity index (χ4v) is 3.31. The number of nitrogens with zero attached hydrogens (tertiary/aromatic N) is 2. The molecular weight excluding hydrogens is 264 g/mol. The Balaban J connectivity index is 1.80. The molecule has 2 saturated heterocycles. The maximum atomic E-state index is 12.5. The zero-order valence-corrected chi connectivity index (χ0v) is 13.9. The quantitative estimate of drug-likeness (QED) is 0.785. The first-order valence-corrected chi connectivity index (χ1v) is 8.43. The predicted octanol–water partition coefficient (Wildman–Crippen LogP) is 2.67. The summed E-state index contributed by atoms with van der Waals surface area (Å²) in [6.07, 6.45) is 5.82. The van der Waals surface area contributed by atoms with E-state index in [-0.39, 0.29) is 17.2 Å². The van der Waals surface area contributed by atoms with E-state index in [4.69, 9.17) is 0 Å². The summed E-state index contributed by atoms with van der Waals surface area (Å²) in [5, 5.41) is 0. The van der Waals surface area contributed by atoms with Crippen molar-refractivity contribution in [2.45, 2.75) is 59.3 Å². The zero-order chi connectivity index (χ0) is 15.5. The predicted molar refractivity (Wildman–Crippen MR) is 83.8 cm³/mol. The molecule has 2 fully saturated rings. The summed E-state index contributed by atoms with van der Waals surface area (Å²) >= 11 is 0. The van der Waals surface area contributed by atoms with E-state index in [1.807, 2.05) is 9.80 Å². The molecule has 21 heavy (non-hydrogen) atoms. The van der Waals surface area contributed by atoms with Gasteiger partial charge in [-0.2, -0.15) is 0 Å². The van der Waals surface area contributed by atoms with Crippen LogP contribution in [0.15, 0.2) is 0 Å². The number of amides is 2. The number of rotatable bonds is 2. The van der Waals surface area contributed by atoms with Crippen LogP contribution in [-0.4, -0.2) is 47.8 Å². The second-order valence-corrected chi connectivity index (χ2v) is 7.78. The summed E-state index contributed by atoms with van der Waals surface area (Å²) in [5.74, 6) is 0.714. The molecule has 2 aliphatic heterocycles. The fourth-order valence-electron chi connectivity index (χ4n) is 3.31. The fraction of sp³-hybridized carbons (Fsp3) is 0.882. The van der Waals surface area contributed by atoms with Crippen LogP contribution in [0.5, 0.6) is 0 Å². The van der Waals surface area contributed by atoms with Crippen molar-refractivity contribution < 1.29 is 9.59 Å². The van der Waals surface area contributed by atoms with Crippen LogP contribution in [-0.2, 0) is 9.59 Å². The van der Waals surface area contributed by atoms with Gasteiger partial charge in [0, 0.05) is 38.5 Å². The summed E-state index contributed by atoms with van der Waals surface area (Å²) in [6, 6.07) is 0. The summed E-state index contributed by atoms with van der Waals surface area (Å²) in [6.45, 7) is 9.65. The Morgan fingerprint density at radius 3 is 2.00 bits per heavy atom. The molecule has 4 heteroatoms. The van der Waals surface area contributed by atoms with Gasteiger partial charge in [0.25, 0.3) is 0 Å². The van der Waals surface area contributed by atoms with Gasteiger partial charge in [-0.3, -0.25) is 9.59 Å². The van der Waals surface area contributed by atoms with Crippen LogP contribution in [0.1, 0.15) is 59.3 Å². The molecule has 0 aromatic rings. The molecule has 0 spiro atoms. The topological polar surface area (TPSA) is 40.6 Å². The van der Waals surface area contributed by atoms with Crippen LogP contribution in [0.3, 0.4) is 0 Å². The Morgan fingerprint density at radius 1 is 0.905 bits per heavy atom. The third-order valence-corrected chi connectivity index (χ3v) is 4.55. The van der Waals surface area contributed by atoms with Crippen molar-refractivity contribution in [3.63, 3.8) is 0 Å². The van der Waals surface area contributed by atoms with Gasteiger partial charge >= 0.3 is 0 Å². The molecule has 0 aliphatic carbocycles. The molecule has 0 unspecified atom stereocenters. The lowest BCUT2D eigenvalue weighted by atomic mass is 9.90. The SMILES string of the molecule is CC(C)(C)CC(=O)N1CCC(C(=O)N2CCCCC2)CC1. The summed E-state index contributed by atoms with van der Waals surface area (Å²) < 4.78 is 0. The van der Waals surface area contributed by atoms with E-state index in [1.165, 1.54) is 6.42 Å². The van der Waals surface area contributed by atoms with Gasteiger partial charge in [-0.25, -0.2) is 0 Å². The zero-order valence-electron chi connectivity index (χ0n) is 13.9. The van der Waals surface area contributed by atoms with E-state index in [2.05, 4.69) is 20.8 Å². The van der Waals surface area contributed by atoms with Crippen molar-refractivity contribution >= 4 is 11.8 Å². The second kappa shape index (κ2) is 6.80. The van der Waals surface area contributed by atoms with Crippen molar-refractivity contribution in [3.8, 4) is 0 Å². The Kier molecular flexibility index (Phi) is 5.28. The average Bonchev–Trinajstić information content (AvgIpc) is 2.46. The first-order valence-electron chi connectivity index (χ1n) is 8.43. The van der Waals surface area contributed by atoms with Crippen LogP contribution in [0.4, 0.5) is 0 Å². The number of hydrogen-bond donors (Lipinski definition) is 0.